The minimum absolute atomic E-state index is 0. The molecule has 152 valence electrons. The number of hydrogen-bond acceptors (Lipinski definition) is 5. The number of rotatable bonds is 6. The molecule has 3 heterocycles. The lowest BCUT2D eigenvalue weighted by atomic mass is 10.1. The number of fused-ring (bicyclic) bond motifs is 2. The Morgan fingerprint density at radius 2 is 1.70 bits per heavy atom. The first-order chi connectivity index (χ1) is 14.2. The summed E-state index contributed by atoms with van der Waals surface area (Å²) in [7, 11) is 0. The van der Waals surface area contributed by atoms with E-state index in [1.807, 2.05) is 41.8 Å². The fourth-order valence-electron chi connectivity index (χ4n) is 3.63. The summed E-state index contributed by atoms with van der Waals surface area (Å²) in [5, 5.41) is 2.95. The summed E-state index contributed by atoms with van der Waals surface area (Å²) in [6, 6.07) is 18.5. The van der Waals surface area contributed by atoms with E-state index in [0.717, 1.165) is 10.3 Å². The molecule has 5 nitrogen and oxygen atoms in total. The average molecular weight is 438 g/mol. The van der Waals surface area contributed by atoms with Crippen LogP contribution in [0.2, 0.25) is 0 Å². The van der Waals surface area contributed by atoms with E-state index < -0.39 is 0 Å². The van der Waals surface area contributed by atoms with Crippen molar-refractivity contribution in [2.24, 2.45) is 0 Å². The molecule has 7 heteroatoms. The quantitative estimate of drug-likeness (QED) is 0.378. The highest BCUT2D eigenvalue weighted by Gasteiger charge is 2.35. The van der Waals surface area contributed by atoms with Crippen LogP contribution in [-0.4, -0.2) is 23.3 Å². The normalized spacial score (nSPS) is 13.9. The maximum atomic E-state index is 12.7. The van der Waals surface area contributed by atoms with E-state index in [9.17, 15) is 9.59 Å². The second-order valence-corrected chi connectivity index (χ2v) is 7.79. The van der Waals surface area contributed by atoms with Gasteiger partial charge in [0.15, 0.2) is 11.3 Å². The maximum Gasteiger partial charge on any atom is 0.261 e. The van der Waals surface area contributed by atoms with Gasteiger partial charge in [0, 0.05) is 23.2 Å². The summed E-state index contributed by atoms with van der Waals surface area (Å²) < 4.78 is 11.9. The Morgan fingerprint density at radius 3 is 2.40 bits per heavy atom. The molecule has 1 aliphatic heterocycles. The van der Waals surface area contributed by atoms with Crippen LogP contribution in [0.15, 0.2) is 76.7 Å². The van der Waals surface area contributed by atoms with Crippen LogP contribution in [0.3, 0.4) is 0 Å². The number of imide groups is 1. The van der Waals surface area contributed by atoms with Gasteiger partial charge in [-0.1, -0.05) is 30.3 Å². The molecule has 0 saturated heterocycles. The van der Waals surface area contributed by atoms with Crippen molar-refractivity contribution in [3.8, 4) is 5.75 Å². The van der Waals surface area contributed by atoms with E-state index in [-0.39, 0.29) is 38.0 Å². The second-order valence-electron chi connectivity index (χ2n) is 6.81. The molecule has 0 unspecified atom stereocenters. The number of para-hydroxylation sites is 1. The van der Waals surface area contributed by atoms with Crippen LogP contribution in [0.1, 0.15) is 38.1 Å². The molecule has 0 aliphatic carbocycles. The Kier molecular flexibility index (Phi) is 5.65. The Morgan fingerprint density at radius 1 is 0.933 bits per heavy atom. The van der Waals surface area contributed by atoms with E-state index in [2.05, 4.69) is 0 Å². The number of thiophene rings is 1. The van der Waals surface area contributed by atoms with Gasteiger partial charge in [-0.15, -0.1) is 11.3 Å². The highest BCUT2D eigenvalue weighted by atomic mass is 32.1. The summed E-state index contributed by atoms with van der Waals surface area (Å²) in [4.78, 5) is 27.7. The lowest BCUT2D eigenvalue weighted by molar-refractivity contribution is 0.0630. The standard InChI is InChI=1S/C23H17NO4S.H2S/c25-22-16-6-1-2-7-17(16)23(26)24(22)12-10-18(20-9-4-14-29-20)28-19-8-3-5-15-11-13-27-21(15)19;/h1-9,11,13-14,18H,10,12H2;1H2/t18-;/m0./s1. The predicted molar refractivity (Wildman–Crippen MR) is 121 cm³/mol. The molecule has 0 spiro atoms. The van der Waals surface area contributed by atoms with Crippen molar-refractivity contribution in [1.82, 2.24) is 4.90 Å². The fourth-order valence-corrected chi connectivity index (χ4v) is 4.42. The van der Waals surface area contributed by atoms with E-state index >= 15 is 0 Å². The van der Waals surface area contributed by atoms with Crippen molar-refractivity contribution >= 4 is 47.6 Å². The molecule has 0 bridgehead atoms. The van der Waals surface area contributed by atoms with E-state index in [0.29, 0.717) is 28.9 Å². The van der Waals surface area contributed by atoms with Crippen LogP contribution >= 0.6 is 24.8 Å². The highest BCUT2D eigenvalue weighted by molar-refractivity contribution is 7.59. The van der Waals surface area contributed by atoms with E-state index in [1.54, 1.807) is 41.9 Å². The number of benzene rings is 2. The van der Waals surface area contributed by atoms with Crippen molar-refractivity contribution < 1.29 is 18.7 Å². The van der Waals surface area contributed by atoms with Crippen molar-refractivity contribution in [1.29, 1.82) is 0 Å². The monoisotopic (exact) mass is 437 g/mol. The first kappa shape index (κ1) is 20.3. The number of hydrogen-bond donors (Lipinski definition) is 0. The van der Waals surface area contributed by atoms with Crippen molar-refractivity contribution in [3.63, 3.8) is 0 Å². The first-order valence-corrected chi connectivity index (χ1v) is 10.2. The smallest absolute Gasteiger partial charge is 0.261 e. The molecular weight excluding hydrogens is 418 g/mol. The summed E-state index contributed by atoms with van der Waals surface area (Å²) >= 11 is 1.59. The second kappa shape index (κ2) is 8.38. The molecule has 0 fully saturated rings. The molecule has 0 saturated carbocycles. The maximum absolute atomic E-state index is 12.7. The van der Waals surface area contributed by atoms with Crippen molar-refractivity contribution in [2.45, 2.75) is 12.5 Å². The Labute approximate surface area is 184 Å². The molecule has 5 rings (SSSR count). The number of nitrogens with zero attached hydrogens (tertiary/aromatic N) is 1. The molecular formula is C23H19NO4S2. The van der Waals surface area contributed by atoms with Gasteiger partial charge in [-0.3, -0.25) is 14.5 Å². The van der Waals surface area contributed by atoms with Gasteiger partial charge in [-0.05, 0) is 35.7 Å². The molecule has 1 atom stereocenters. The number of carbonyl (C=O) groups excluding carboxylic acids is 2. The Bertz CT molecular complexity index is 1160. The molecule has 0 radical (unpaired) electrons. The zero-order chi connectivity index (χ0) is 19.8. The lowest BCUT2D eigenvalue weighted by Gasteiger charge is -2.21. The van der Waals surface area contributed by atoms with Gasteiger partial charge < -0.3 is 9.15 Å². The molecule has 30 heavy (non-hydrogen) atoms. The van der Waals surface area contributed by atoms with Crippen LogP contribution in [0, 0.1) is 0 Å². The molecule has 4 aromatic rings. The van der Waals surface area contributed by atoms with Crippen LogP contribution < -0.4 is 4.74 Å². The average Bonchev–Trinajstić information content (AvgIpc) is 3.48. The van der Waals surface area contributed by atoms with Crippen LogP contribution in [0.4, 0.5) is 0 Å². The molecule has 2 amide bonds. The molecule has 2 aromatic carbocycles. The third kappa shape index (κ3) is 3.51. The van der Waals surface area contributed by atoms with Crippen molar-refractivity contribution in [2.75, 3.05) is 6.54 Å². The largest absolute Gasteiger partial charge is 0.481 e. The fraction of sp³-hybridized carbons (Fsp3) is 0.130. The summed E-state index contributed by atoms with van der Waals surface area (Å²) in [6.45, 7) is 0.281. The minimum Gasteiger partial charge on any atom is -0.481 e. The summed E-state index contributed by atoms with van der Waals surface area (Å²) in [5.74, 6) is 0.153. The first-order valence-electron chi connectivity index (χ1n) is 9.34. The van der Waals surface area contributed by atoms with Crippen LogP contribution in [0.25, 0.3) is 11.0 Å². The Hall–Kier alpha value is -3.03. The number of furan rings is 1. The van der Waals surface area contributed by atoms with E-state index in [1.165, 1.54) is 4.90 Å². The van der Waals surface area contributed by atoms with Gasteiger partial charge in [0.2, 0.25) is 0 Å². The predicted octanol–water partition coefficient (Wildman–Crippen LogP) is 5.41. The number of carbonyl (C=O) groups is 2. The Balaban J connectivity index is 0.00000218. The van der Waals surface area contributed by atoms with Gasteiger partial charge in [0.25, 0.3) is 11.8 Å². The molecule has 0 N–H and O–H groups in total. The van der Waals surface area contributed by atoms with Crippen LogP contribution in [-0.2, 0) is 0 Å². The van der Waals surface area contributed by atoms with Gasteiger partial charge in [0.05, 0.1) is 17.4 Å². The minimum atomic E-state index is -0.296. The number of ether oxygens (including phenoxy) is 1. The van der Waals surface area contributed by atoms with Gasteiger partial charge >= 0.3 is 0 Å². The summed E-state index contributed by atoms with van der Waals surface area (Å²) in [5.41, 5.74) is 1.62. The van der Waals surface area contributed by atoms with Gasteiger partial charge in [-0.25, -0.2) is 0 Å². The number of amides is 2. The van der Waals surface area contributed by atoms with Crippen molar-refractivity contribution in [3.05, 3.63) is 88.3 Å². The third-order valence-electron chi connectivity index (χ3n) is 5.07. The van der Waals surface area contributed by atoms with Gasteiger partial charge in [-0.2, -0.15) is 13.5 Å². The topological polar surface area (TPSA) is 59.8 Å². The van der Waals surface area contributed by atoms with Crippen LogP contribution in [0.5, 0.6) is 5.75 Å². The van der Waals surface area contributed by atoms with E-state index in [4.69, 9.17) is 9.15 Å². The zero-order valence-corrected chi connectivity index (χ0v) is 17.7. The highest BCUT2D eigenvalue weighted by Crippen LogP contribution is 2.34. The lowest BCUT2D eigenvalue weighted by Crippen LogP contribution is -2.32. The van der Waals surface area contributed by atoms with Gasteiger partial charge in [0.1, 0.15) is 6.10 Å². The molecule has 2 aromatic heterocycles. The summed E-state index contributed by atoms with van der Waals surface area (Å²) in [6.07, 6.45) is 1.83. The molecule has 1 aliphatic rings. The SMILES string of the molecule is O=C1c2ccccc2C(=O)N1CC[C@H](Oc1cccc2ccoc12)c1cccs1.S. The zero-order valence-electron chi connectivity index (χ0n) is 15.9. The third-order valence-corrected chi connectivity index (χ3v) is 6.03.